The molecule has 88 valence electrons. The number of hydrogen-bond acceptors (Lipinski definition) is 2. The number of alkyl halides is 1. The molecule has 0 radical (unpaired) electrons. The van der Waals surface area contributed by atoms with Gasteiger partial charge in [0.1, 0.15) is 5.60 Å². The number of halogens is 1. The highest BCUT2D eigenvalue weighted by molar-refractivity contribution is 9.09. The lowest BCUT2D eigenvalue weighted by atomic mass is 9.93. The van der Waals surface area contributed by atoms with Crippen molar-refractivity contribution >= 4 is 22.0 Å². The van der Waals surface area contributed by atoms with Crippen LogP contribution in [0.15, 0.2) is 0 Å². The topological polar surface area (TPSA) is 29.5 Å². The van der Waals surface area contributed by atoms with Crippen LogP contribution < -0.4 is 0 Å². The van der Waals surface area contributed by atoms with E-state index in [2.05, 4.69) is 22.9 Å². The van der Waals surface area contributed by atoms with E-state index in [0.717, 1.165) is 24.8 Å². The van der Waals surface area contributed by atoms with Crippen LogP contribution in [0, 0.1) is 5.41 Å². The van der Waals surface area contributed by atoms with Gasteiger partial charge in [0.15, 0.2) is 0 Å². The van der Waals surface area contributed by atoms with E-state index in [9.17, 15) is 4.79 Å². The number of carbonyl (C=O) groups is 1. The summed E-state index contributed by atoms with van der Waals surface area (Å²) in [6.07, 6.45) is 0.851. The Kier molecular flexibility index (Phi) is 3.69. The molecule has 0 spiro atoms. The van der Waals surface area contributed by atoms with Gasteiger partial charge in [-0.25, -0.2) is 4.79 Å². The Balaban J connectivity index is 2.51. The SMILES string of the molecule is CC1(CBr)CCN(C(=O)OC(C)(C)C)C1. The molecule has 0 N–H and O–H groups in total. The van der Waals surface area contributed by atoms with Gasteiger partial charge in [0.25, 0.3) is 0 Å². The lowest BCUT2D eigenvalue weighted by molar-refractivity contribution is 0.0279. The van der Waals surface area contributed by atoms with E-state index >= 15 is 0 Å². The van der Waals surface area contributed by atoms with Crippen LogP contribution in [-0.2, 0) is 4.74 Å². The maximum absolute atomic E-state index is 11.8. The maximum Gasteiger partial charge on any atom is 0.410 e. The third-order valence-electron chi connectivity index (χ3n) is 2.53. The predicted molar refractivity (Wildman–Crippen MR) is 64.3 cm³/mol. The summed E-state index contributed by atoms with van der Waals surface area (Å²) in [5.41, 5.74) is -0.193. The van der Waals surface area contributed by atoms with E-state index in [0.29, 0.717) is 0 Å². The van der Waals surface area contributed by atoms with Crippen molar-refractivity contribution in [1.29, 1.82) is 0 Å². The number of hydrogen-bond donors (Lipinski definition) is 0. The zero-order valence-electron chi connectivity index (χ0n) is 9.97. The van der Waals surface area contributed by atoms with Gasteiger partial charge >= 0.3 is 6.09 Å². The van der Waals surface area contributed by atoms with E-state index in [4.69, 9.17) is 4.74 Å². The molecule has 1 fully saturated rings. The standard InChI is InChI=1S/C11H20BrNO2/c1-10(2,3)15-9(14)13-6-5-11(4,7-12)8-13/h5-8H2,1-4H3. The minimum absolute atomic E-state index is 0.188. The fourth-order valence-electron chi connectivity index (χ4n) is 1.62. The Bertz CT molecular complexity index is 249. The van der Waals surface area contributed by atoms with Gasteiger partial charge in [-0.2, -0.15) is 0 Å². The van der Waals surface area contributed by atoms with Gasteiger partial charge in [-0.05, 0) is 32.6 Å². The first-order valence-electron chi connectivity index (χ1n) is 5.30. The molecule has 1 unspecified atom stereocenters. The van der Waals surface area contributed by atoms with Crippen molar-refractivity contribution in [2.45, 2.75) is 39.7 Å². The van der Waals surface area contributed by atoms with Crippen LogP contribution in [0.2, 0.25) is 0 Å². The zero-order chi connectivity index (χ0) is 11.7. The average Bonchev–Trinajstić information content (AvgIpc) is 2.46. The molecular weight excluding hydrogens is 258 g/mol. The highest BCUT2D eigenvalue weighted by atomic mass is 79.9. The predicted octanol–water partition coefficient (Wildman–Crippen LogP) is 3.03. The van der Waals surface area contributed by atoms with Gasteiger partial charge in [-0.15, -0.1) is 0 Å². The number of carbonyl (C=O) groups excluding carboxylic acids is 1. The van der Waals surface area contributed by atoms with Crippen molar-refractivity contribution in [2.24, 2.45) is 5.41 Å². The Morgan fingerprint density at radius 1 is 1.53 bits per heavy atom. The number of ether oxygens (including phenoxy) is 1. The summed E-state index contributed by atoms with van der Waals surface area (Å²) in [4.78, 5) is 13.6. The van der Waals surface area contributed by atoms with Gasteiger partial charge in [-0.1, -0.05) is 22.9 Å². The molecular formula is C11H20BrNO2. The summed E-state index contributed by atoms with van der Waals surface area (Å²) in [5.74, 6) is 0. The van der Waals surface area contributed by atoms with Crippen LogP contribution in [0.25, 0.3) is 0 Å². The average molecular weight is 278 g/mol. The third-order valence-corrected chi connectivity index (χ3v) is 3.89. The Hall–Kier alpha value is -0.250. The quantitative estimate of drug-likeness (QED) is 0.690. The first kappa shape index (κ1) is 12.8. The molecule has 0 saturated carbocycles. The van der Waals surface area contributed by atoms with Gasteiger partial charge < -0.3 is 9.64 Å². The highest BCUT2D eigenvalue weighted by Crippen LogP contribution is 2.32. The monoisotopic (exact) mass is 277 g/mol. The molecule has 1 atom stereocenters. The molecule has 0 aromatic heterocycles. The van der Waals surface area contributed by atoms with Crippen LogP contribution in [0.3, 0.4) is 0 Å². The van der Waals surface area contributed by atoms with Crippen LogP contribution in [0.5, 0.6) is 0 Å². The highest BCUT2D eigenvalue weighted by Gasteiger charge is 2.36. The maximum atomic E-state index is 11.8. The first-order valence-corrected chi connectivity index (χ1v) is 6.42. The number of nitrogens with zero attached hydrogens (tertiary/aromatic N) is 1. The van der Waals surface area contributed by atoms with Crippen molar-refractivity contribution in [3.63, 3.8) is 0 Å². The molecule has 3 nitrogen and oxygen atoms in total. The molecule has 1 amide bonds. The molecule has 0 bridgehead atoms. The summed E-state index contributed by atoms with van der Waals surface area (Å²) >= 11 is 3.49. The second kappa shape index (κ2) is 4.32. The minimum Gasteiger partial charge on any atom is -0.444 e. The van der Waals surface area contributed by atoms with Gasteiger partial charge in [0.2, 0.25) is 0 Å². The molecule has 0 aromatic carbocycles. The lowest BCUT2D eigenvalue weighted by Crippen LogP contribution is -2.36. The number of amides is 1. The number of rotatable bonds is 1. The van der Waals surface area contributed by atoms with Crippen molar-refractivity contribution in [2.75, 3.05) is 18.4 Å². The number of likely N-dealkylation sites (tertiary alicyclic amines) is 1. The Morgan fingerprint density at radius 2 is 2.13 bits per heavy atom. The van der Waals surface area contributed by atoms with Crippen LogP contribution >= 0.6 is 15.9 Å². The molecule has 1 aliphatic heterocycles. The smallest absolute Gasteiger partial charge is 0.410 e. The summed E-state index contributed by atoms with van der Waals surface area (Å²) in [5, 5.41) is 0.930. The van der Waals surface area contributed by atoms with Crippen molar-refractivity contribution in [3.8, 4) is 0 Å². The lowest BCUT2D eigenvalue weighted by Gasteiger charge is -2.26. The summed E-state index contributed by atoms with van der Waals surface area (Å²) < 4.78 is 5.33. The summed E-state index contributed by atoms with van der Waals surface area (Å²) in [6, 6.07) is 0. The summed E-state index contributed by atoms with van der Waals surface area (Å²) in [6.45, 7) is 9.45. The van der Waals surface area contributed by atoms with Crippen LogP contribution in [0.4, 0.5) is 4.79 Å². The normalized spacial score (nSPS) is 26.9. The zero-order valence-corrected chi connectivity index (χ0v) is 11.6. The summed E-state index contributed by atoms with van der Waals surface area (Å²) in [7, 11) is 0. The minimum atomic E-state index is -0.398. The van der Waals surface area contributed by atoms with E-state index in [-0.39, 0.29) is 11.5 Å². The first-order chi connectivity index (χ1) is 6.76. The van der Waals surface area contributed by atoms with Gasteiger partial charge in [-0.3, -0.25) is 0 Å². The van der Waals surface area contributed by atoms with Gasteiger partial charge in [0, 0.05) is 18.4 Å². The molecule has 0 aromatic rings. The van der Waals surface area contributed by atoms with E-state index in [1.807, 2.05) is 20.8 Å². The van der Waals surface area contributed by atoms with Crippen LogP contribution in [0.1, 0.15) is 34.1 Å². The fraction of sp³-hybridized carbons (Fsp3) is 0.909. The van der Waals surface area contributed by atoms with Crippen molar-refractivity contribution < 1.29 is 9.53 Å². The second-order valence-electron chi connectivity index (χ2n) is 5.60. The third kappa shape index (κ3) is 3.67. The molecule has 15 heavy (non-hydrogen) atoms. The molecule has 1 saturated heterocycles. The van der Waals surface area contributed by atoms with E-state index in [1.54, 1.807) is 4.90 Å². The van der Waals surface area contributed by atoms with E-state index < -0.39 is 5.60 Å². The van der Waals surface area contributed by atoms with E-state index in [1.165, 1.54) is 0 Å². The van der Waals surface area contributed by atoms with Crippen molar-refractivity contribution in [3.05, 3.63) is 0 Å². The molecule has 1 aliphatic rings. The fourth-order valence-corrected chi connectivity index (χ4v) is 2.07. The van der Waals surface area contributed by atoms with Crippen molar-refractivity contribution in [1.82, 2.24) is 4.90 Å². The molecule has 1 heterocycles. The van der Waals surface area contributed by atoms with Gasteiger partial charge in [0.05, 0.1) is 0 Å². The molecule has 0 aliphatic carbocycles. The second-order valence-corrected chi connectivity index (χ2v) is 6.16. The molecule has 4 heteroatoms. The van der Waals surface area contributed by atoms with Crippen LogP contribution in [-0.4, -0.2) is 35.0 Å². The molecule has 1 rings (SSSR count). The largest absolute Gasteiger partial charge is 0.444 e. The Morgan fingerprint density at radius 3 is 2.53 bits per heavy atom. The Labute approximate surface area is 100 Å².